The van der Waals surface area contributed by atoms with Crippen LogP contribution in [0.15, 0.2) is 30.5 Å². The summed E-state index contributed by atoms with van der Waals surface area (Å²) in [5.41, 5.74) is 6.18. The number of rotatable bonds is 3. The van der Waals surface area contributed by atoms with Gasteiger partial charge in [0.2, 0.25) is 0 Å². The maximum Gasteiger partial charge on any atom is 0.274 e. The summed E-state index contributed by atoms with van der Waals surface area (Å²) in [7, 11) is 0. The van der Waals surface area contributed by atoms with Crippen LogP contribution in [0.3, 0.4) is 0 Å². The van der Waals surface area contributed by atoms with Gasteiger partial charge >= 0.3 is 0 Å². The Kier molecular flexibility index (Phi) is 5.06. The molecule has 0 atom stereocenters. The Hall–Kier alpha value is -1.62. The molecule has 1 aliphatic rings. The van der Waals surface area contributed by atoms with Crippen LogP contribution < -0.4 is 10.5 Å². The molecule has 7 heteroatoms. The number of hydrogen-bond donors (Lipinski definition) is 3. The number of carbonyl (C=O) groups excluding carboxylic acids is 1. The van der Waals surface area contributed by atoms with Gasteiger partial charge in [-0.3, -0.25) is 20.3 Å². The van der Waals surface area contributed by atoms with Crippen molar-refractivity contribution in [1.29, 1.82) is 0 Å². The van der Waals surface area contributed by atoms with Gasteiger partial charge in [0.1, 0.15) is 0 Å². The van der Waals surface area contributed by atoms with Crippen molar-refractivity contribution in [2.75, 3.05) is 11.6 Å². The van der Waals surface area contributed by atoms with E-state index in [1.165, 1.54) is 5.06 Å². The van der Waals surface area contributed by atoms with Crippen LogP contribution in [0.5, 0.6) is 0 Å². The molecule has 3 rings (SSSR count). The molecule has 2 heterocycles. The van der Waals surface area contributed by atoms with Crippen molar-refractivity contribution in [2.45, 2.75) is 19.9 Å². The number of hydrogen-bond acceptors (Lipinski definition) is 4. The van der Waals surface area contributed by atoms with Crippen LogP contribution in [0.2, 0.25) is 0 Å². The molecule has 6 nitrogen and oxygen atoms in total. The fourth-order valence-electron chi connectivity index (χ4n) is 2.84. The van der Waals surface area contributed by atoms with Gasteiger partial charge in [0.25, 0.3) is 5.91 Å². The standard InChI is InChI=1S/C15H17N3O3.W/c1-10-8-17(13-6-7-18(21)14(10)13)9-11-2-4-12(5-3-11)15(19)16-20;/h2-5,8,20-21H,6-7,9H2,1H3,(H,16,19);. The molecule has 0 spiro atoms. The molecular formula is C15H17N3O3W. The minimum atomic E-state index is -0.518. The zero-order chi connectivity index (χ0) is 15.0. The Balaban J connectivity index is 0.00000176. The molecule has 1 aromatic carbocycles. The van der Waals surface area contributed by atoms with E-state index in [9.17, 15) is 10.0 Å². The molecule has 0 unspecified atom stereocenters. The number of hydroxylamine groups is 2. The number of carbonyl (C=O) groups is 1. The number of aryl methyl sites for hydroxylation is 1. The Morgan fingerprint density at radius 2 is 2.00 bits per heavy atom. The van der Waals surface area contributed by atoms with E-state index in [0.717, 1.165) is 28.9 Å². The molecule has 0 bridgehead atoms. The quantitative estimate of drug-likeness (QED) is 0.471. The topological polar surface area (TPSA) is 77.7 Å². The van der Waals surface area contributed by atoms with E-state index in [2.05, 4.69) is 4.57 Å². The van der Waals surface area contributed by atoms with Crippen molar-refractivity contribution >= 4 is 11.6 Å². The van der Waals surface area contributed by atoms with Crippen molar-refractivity contribution < 1.29 is 36.3 Å². The Bertz CT molecular complexity index is 682. The second-order valence-electron chi connectivity index (χ2n) is 5.25. The second kappa shape index (κ2) is 6.65. The van der Waals surface area contributed by atoms with E-state index in [1.54, 1.807) is 17.6 Å². The van der Waals surface area contributed by atoms with Crippen molar-refractivity contribution in [3.63, 3.8) is 0 Å². The molecular weight excluding hydrogens is 454 g/mol. The number of amides is 1. The number of aromatic nitrogens is 1. The van der Waals surface area contributed by atoms with E-state index in [4.69, 9.17) is 5.21 Å². The number of nitrogens with one attached hydrogen (secondary N) is 1. The van der Waals surface area contributed by atoms with Crippen LogP contribution in [-0.2, 0) is 34.0 Å². The fraction of sp³-hybridized carbons (Fsp3) is 0.267. The van der Waals surface area contributed by atoms with Gasteiger partial charge in [-0.2, -0.15) is 0 Å². The molecule has 1 amide bonds. The number of nitrogens with zero attached hydrogens (tertiary/aromatic N) is 2. The summed E-state index contributed by atoms with van der Waals surface area (Å²) in [6, 6.07) is 7.07. The van der Waals surface area contributed by atoms with E-state index in [1.807, 2.05) is 25.3 Å². The maximum absolute atomic E-state index is 11.3. The Morgan fingerprint density at radius 3 is 2.64 bits per heavy atom. The summed E-state index contributed by atoms with van der Waals surface area (Å²) in [5.74, 6) is -0.518. The maximum atomic E-state index is 11.3. The molecule has 0 saturated heterocycles. The molecule has 2 aromatic rings. The molecule has 0 aliphatic carbocycles. The van der Waals surface area contributed by atoms with Crippen LogP contribution >= 0.6 is 0 Å². The molecule has 0 saturated carbocycles. The minimum absolute atomic E-state index is 0. The predicted octanol–water partition coefficient (Wildman–Crippen LogP) is 1.71. The molecule has 1 aliphatic heterocycles. The molecule has 116 valence electrons. The van der Waals surface area contributed by atoms with Gasteiger partial charge in [0.05, 0.1) is 12.2 Å². The van der Waals surface area contributed by atoms with Gasteiger partial charge in [0, 0.05) is 51.5 Å². The largest absolute Gasteiger partial charge is 0.345 e. The average molecular weight is 471 g/mol. The van der Waals surface area contributed by atoms with E-state index in [-0.39, 0.29) is 21.1 Å². The zero-order valence-electron chi connectivity index (χ0n) is 12.1. The number of fused-ring (bicyclic) bond motifs is 1. The Labute approximate surface area is 142 Å². The van der Waals surface area contributed by atoms with Crippen molar-refractivity contribution in [1.82, 2.24) is 10.0 Å². The molecule has 1 aromatic heterocycles. The predicted molar refractivity (Wildman–Crippen MR) is 76.8 cm³/mol. The summed E-state index contributed by atoms with van der Waals surface area (Å²) < 4.78 is 2.13. The van der Waals surface area contributed by atoms with Crippen molar-refractivity contribution in [2.24, 2.45) is 0 Å². The summed E-state index contributed by atoms with van der Waals surface area (Å²) in [4.78, 5) is 11.3. The minimum Gasteiger partial charge on any atom is -0.345 e. The summed E-state index contributed by atoms with van der Waals surface area (Å²) in [6.45, 7) is 3.30. The van der Waals surface area contributed by atoms with Crippen LogP contribution in [-0.4, -0.2) is 27.4 Å². The van der Waals surface area contributed by atoms with E-state index in [0.29, 0.717) is 18.7 Å². The third-order valence-electron chi connectivity index (χ3n) is 3.83. The van der Waals surface area contributed by atoms with Gasteiger partial charge in [-0.1, -0.05) is 12.1 Å². The van der Waals surface area contributed by atoms with Crippen molar-refractivity contribution in [3.8, 4) is 0 Å². The first kappa shape index (κ1) is 16.7. The number of anilines is 1. The SMILES string of the molecule is Cc1cn(Cc2ccc(C(=O)NO)cc2)c2c1N(O)CC2.[W]. The molecule has 3 N–H and O–H groups in total. The molecule has 22 heavy (non-hydrogen) atoms. The van der Waals surface area contributed by atoms with E-state index >= 15 is 0 Å². The van der Waals surface area contributed by atoms with Crippen LogP contribution in [0.25, 0.3) is 0 Å². The van der Waals surface area contributed by atoms with Gasteiger partial charge in [-0.05, 0) is 30.2 Å². The Morgan fingerprint density at radius 1 is 1.32 bits per heavy atom. The van der Waals surface area contributed by atoms with Gasteiger partial charge in [-0.25, -0.2) is 5.48 Å². The van der Waals surface area contributed by atoms with Crippen LogP contribution in [0.1, 0.15) is 27.2 Å². The average Bonchev–Trinajstić information content (AvgIpc) is 3.02. The number of benzene rings is 1. The summed E-state index contributed by atoms with van der Waals surface area (Å²) in [5, 5.41) is 19.7. The van der Waals surface area contributed by atoms with Crippen LogP contribution in [0, 0.1) is 6.92 Å². The van der Waals surface area contributed by atoms with Crippen molar-refractivity contribution in [3.05, 3.63) is 52.8 Å². The third kappa shape index (κ3) is 2.95. The monoisotopic (exact) mass is 471 g/mol. The van der Waals surface area contributed by atoms with E-state index < -0.39 is 5.91 Å². The van der Waals surface area contributed by atoms with Gasteiger partial charge in [0.15, 0.2) is 0 Å². The summed E-state index contributed by atoms with van der Waals surface area (Å²) >= 11 is 0. The van der Waals surface area contributed by atoms with Gasteiger partial charge < -0.3 is 4.57 Å². The smallest absolute Gasteiger partial charge is 0.274 e. The second-order valence-corrected chi connectivity index (χ2v) is 5.25. The first-order valence-electron chi connectivity index (χ1n) is 6.78. The first-order chi connectivity index (χ1) is 10.1. The zero-order valence-corrected chi connectivity index (χ0v) is 15.0. The normalized spacial score (nSPS) is 12.8. The third-order valence-corrected chi connectivity index (χ3v) is 3.83. The van der Waals surface area contributed by atoms with Crippen LogP contribution in [0.4, 0.5) is 5.69 Å². The first-order valence-corrected chi connectivity index (χ1v) is 6.78. The summed E-state index contributed by atoms with van der Waals surface area (Å²) in [6.07, 6.45) is 2.85. The molecule has 0 fully saturated rings. The molecule has 0 radical (unpaired) electrons. The van der Waals surface area contributed by atoms with Gasteiger partial charge in [-0.15, -0.1) is 0 Å². The fourth-order valence-corrected chi connectivity index (χ4v) is 2.84.